The molecule has 0 spiro atoms. The molecule has 0 saturated carbocycles. The van der Waals surface area contributed by atoms with E-state index in [1.165, 1.54) is 0 Å². The number of nitrogens with zero attached hydrogens (tertiary/aromatic N) is 1. The van der Waals surface area contributed by atoms with E-state index in [0.29, 0.717) is 18.9 Å². The standard InChI is InChI=1S/C9H13NO3S/c1-8(14(11)12)5-7-13-9-4-2-3-6-10-9/h2-4,6,8H,5,7H2,1H3,(H,11,12)/p-1. The third kappa shape index (κ3) is 3.85. The first kappa shape index (κ1) is 11.1. The monoisotopic (exact) mass is 214 g/mol. The number of pyridine rings is 1. The Balaban J connectivity index is 2.26. The zero-order valence-electron chi connectivity index (χ0n) is 7.88. The maximum Gasteiger partial charge on any atom is 0.213 e. The van der Waals surface area contributed by atoms with E-state index < -0.39 is 11.1 Å². The van der Waals surface area contributed by atoms with Crippen molar-refractivity contribution in [3.8, 4) is 5.88 Å². The third-order valence-electron chi connectivity index (χ3n) is 1.74. The molecule has 1 aromatic heterocycles. The van der Waals surface area contributed by atoms with Crippen LogP contribution in [-0.2, 0) is 11.1 Å². The Labute approximate surface area is 85.6 Å². The van der Waals surface area contributed by atoms with E-state index >= 15 is 0 Å². The molecule has 0 fully saturated rings. The minimum Gasteiger partial charge on any atom is -0.772 e. The lowest BCUT2D eigenvalue weighted by Gasteiger charge is -2.14. The zero-order chi connectivity index (χ0) is 10.4. The second kappa shape index (κ2) is 5.72. The topological polar surface area (TPSA) is 62.2 Å². The smallest absolute Gasteiger partial charge is 0.213 e. The van der Waals surface area contributed by atoms with Crippen molar-refractivity contribution in [3.63, 3.8) is 0 Å². The van der Waals surface area contributed by atoms with Crippen molar-refractivity contribution in [3.05, 3.63) is 24.4 Å². The van der Waals surface area contributed by atoms with E-state index in [9.17, 15) is 8.76 Å². The van der Waals surface area contributed by atoms with Crippen LogP contribution < -0.4 is 4.74 Å². The van der Waals surface area contributed by atoms with Gasteiger partial charge in [0.1, 0.15) is 0 Å². The van der Waals surface area contributed by atoms with Crippen molar-refractivity contribution in [2.45, 2.75) is 18.6 Å². The largest absolute Gasteiger partial charge is 0.772 e. The molecule has 0 saturated heterocycles. The van der Waals surface area contributed by atoms with E-state index in [-0.39, 0.29) is 5.25 Å². The predicted octanol–water partition coefficient (Wildman–Crippen LogP) is 1.12. The van der Waals surface area contributed by atoms with E-state index in [2.05, 4.69) is 4.98 Å². The number of ether oxygens (including phenoxy) is 1. The van der Waals surface area contributed by atoms with Gasteiger partial charge in [-0.3, -0.25) is 4.21 Å². The zero-order valence-corrected chi connectivity index (χ0v) is 8.70. The molecule has 0 aromatic carbocycles. The summed E-state index contributed by atoms with van der Waals surface area (Å²) in [5.41, 5.74) is 0. The quantitative estimate of drug-likeness (QED) is 0.689. The Kier molecular flexibility index (Phi) is 4.55. The van der Waals surface area contributed by atoms with Gasteiger partial charge in [-0.2, -0.15) is 0 Å². The summed E-state index contributed by atoms with van der Waals surface area (Å²) in [5.74, 6) is 0.524. The van der Waals surface area contributed by atoms with Crippen LogP contribution in [0.5, 0.6) is 5.88 Å². The first-order valence-electron chi connectivity index (χ1n) is 4.32. The highest BCUT2D eigenvalue weighted by molar-refractivity contribution is 7.79. The van der Waals surface area contributed by atoms with Gasteiger partial charge in [-0.1, -0.05) is 24.1 Å². The summed E-state index contributed by atoms with van der Waals surface area (Å²) in [4.78, 5) is 3.94. The summed E-state index contributed by atoms with van der Waals surface area (Å²) < 4.78 is 26.2. The highest BCUT2D eigenvalue weighted by Crippen LogP contribution is 2.05. The van der Waals surface area contributed by atoms with Gasteiger partial charge in [0.05, 0.1) is 6.61 Å². The van der Waals surface area contributed by atoms with Crippen LogP contribution in [0.2, 0.25) is 0 Å². The summed E-state index contributed by atoms with van der Waals surface area (Å²) in [7, 11) is 0. The van der Waals surface area contributed by atoms with Crippen molar-refractivity contribution in [2.75, 3.05) is 6.61 Å². The van der Waals surface area contributed by atoms with Gasteiger partial charge in [0.2, 0.25) is 5.88 Å². The predicted molar refractivity (Wildman–Crippen MR) is 52.7 cm³/mol. The van der Waals surface area contributed by atoms with Crippen molar-refractivity contribution >= 4 is 11.1 Å². The van der Waals surface area contributed by atoms with Crippen LogP contribution in [-0.4, -0.2) is 25.6 Å². The van der Waals surface area contributed by atoms with Crippen molar-refractivity contribution < 1.29 is 13.5 Å². The molecule has 1 aromatic rings. The molecule has 0 aliphatic rings. The van der Waals surface area contributed by atoms with Crippen molar-refractivity contribution in [1.29, 1.82) is 0 Å². The van der Waals surface area contributed by atoms with Gasteiger partial charge in [-0.15, -0.1) is 0 Å². The van der Waals surface area contributed by atoms with Gasteiger partial charge < -0.3 is 9.29 Å². The number of aromatic nitrogens is 1. The summed E-state index contributed by atoms with van der Waals surface area (Å²) in [5, 5.41) is -0.376. The molecule has 0 aliphatic carbocycles. The van der Waals surface area contributed by atoms with Crippen LogP contribution in [0.15, 0.2) is 24.4 Å². The molecule has 0 aliphatic heterocycles. The lowest BCUT2D eigenvalue weighted by molar-refractivity contribution is 0.297. The number of hydrogen-bond donors (Lipinski definition) is 0. The Morgan fingerprint density at radius 2 is 2.43 bits per heavy atom. The fourth-order valence-corrected chi connectivity index (χ4v) is 1.15. The number of hydrogen-bond acceptors (Lipinski definition) is 4. The van der Waals surface area contributed by atoms with Gasteiger partial charge in [-0.25, -0.2) is 4.98 Å². The molecule has 0 bridgehead atoms. The molecule has 4 nitrogen and oxygen atoms in total. The van der Waals surface area contributed by atoms with Gasteiger partial charge in [0.15, 0.2) is 0 Å². The molecular formula is C9H12NO3S-. The average Bonchev–Trinajstić information content (AvgIpc) is 2.19. The minimum absolute atomic E-state index is 0.367. The fourth-order valence-electron chi connectivity index (χ4n) is 0.858. The highest BCUT2D eigenvalue weighted by atomic mass is 32.2. The molecule has 0 amide bonds. The molecule has 5 heteroatoms. The van der Waals surface area contributed by atoms with Gasteiger partial charge >= 0.3 is 0 Å². The normalized spacial score (nSPS) is 14.7. The summed E-state index contributed by atoms with van der Waals surface area (Å²) >= 11 is -2.02. The van der Waals surface area contributed by atoms with Gasteiger partial charge in [0.25, 0.3) is 0 Å². The van der Waals surface area contributed by atoms with Crippen LogP contribution in [0, 0.1) is 0 Å². The lowest BCUT2D eigenvalue weighted by atomic mass is 10.3. The molecule has 0 radical (unpaired) electrons. The summed E-state index contributed by atoms with van der Waals surface area (Å²) in [6.07, 6.45) is 2.11. The maximum absolute atomic E-state index is 10.5. The summed E-state index contributed by atoms with van der Waals surface area (Å²) in [6, 6.07) is 5.35. The fraction of sp³-hybridized carbons (Fsp3) is 0.444. The lowest BCUT2D eigenvalue weighted by Crippen LogP contribution is -2.14. The molecular weight excluding hydrogens is 202 g/mol. The van der Waals surface area contributed by atoms with Crippen LogP contribution in [0.4, 0.5) is 0 Å². The van der Waals surface area contributed by atoms with E-state index in [1.54, 1.807) is 25.3 Å². The molecule has 78 valence electrons. The Morgan fingerprint density at radius 1 is 1.64 bits per heavy atom. The van der Waals surface area contributed by atoms with Crippen LogP contribution >= 0.6 is 0 Å². The van der Waals surface area contributed by atoms with E-state index in [0.717, 1.165) is 0 Å². The molecule has 1 heterocycles. The van der Waals surface area contributed by atoms with Crippen LogP contribution in [0.1, 0.15) is 13.3 Å². The number of rotatable bonds is 5. The molecule has 2 unspecified atom stereocenters. The van der Waals surface area contributed by atoms with Gasteiger partial charge in [0, 0.05) is 17.5 Å². The molecule has 2 atom stereocenters. The molecule has 14 heavy (non-hydrogen) atoms. The summed E-state index contributed by atoms with van der Waals surface area (Å²) in [6.45, 7) is 2.01. The van der Waals surface area contributed by atoms with Gasteiger partial charge in [-0.05, 0) is 12.5 Å². The molecule has 0 N–H and O–H groups in total. The maximum atomic E-state index is 10.5. The minimum atomic E-state index is -2.02. The highest BCUT2D eigenvalue weighted by Gasteiger charge is 2.02. The average molecular weight is 214 g/mol. The van der Waals surface area contributed by atoms with E-state index in [4.69, 9.17) is 4.74 Å². The van der Waals surface area contributed by atoms with Crippen LogP contribution in [0.25, 0.3) is 0 Å². The Morgan fingerprint density at radius 3 is 3.00 bits per heavy atom. The first-order valence-corrected chi connectivity index (χ1v) is 5.46. The molecule has 1 rings (SSSR count). The first-order chi connectivity index (χ1) is 6.70. The second-order valence-electron chi connectivity index (χ2n) is 2.88. The van der Waals surface area contributed by atoms with Crippen molar-refractivity contribution in [2.24, 2.45) is 0 Å². The second-order valence-corrected chi connectivity index (χ2v) is 4.20. The van der Waals surface area contributed by atoms with Crippen molar-refractivity contribution in [1.82, 2.24) is 4.98 Å². The Bertz CT molecular complexity index is 291. The third-order valence-corrected chi connectivity index (χ3v) is 2.63. The SMILES string of the molecule is CC(CCOc1ccccn1)S(=O)[O-]. The Hall–Kier alpha value is -0.940. The van der Waals surface area contributed by atoms with Crippen LogP contribution in [0.3, 0.4) is 0 Å². The van der Waals surface area contributed by atoms with E-state index in [1.807, 2.05) is 6.07 Å².